The number of fused-ring (bicyclic) bond motifs is 1. The maximum absolute atomic E-state index is 6.16. The third-order valence-electron chi connectivity index (χ3n) is 2.76. The van der Waals surface area contributed by atoms with Crippen molar-refractivity contribution in [2.75, 3.05) is 13.7 Å². The Morgan fingerprint density at radius 3 is 2.89 bits per heavy atom. The molecule has 1 heterocycles. The minimum absolute atomic E-state index is 0.456. The molecule has 0 unspecified atom stereocenters. The molecule has 0 spiro atoms. The van der Waals surface area contributed by atoms with Crippen LogP contribution in [0, 0.1) is 0 Å². The van der Waals surface area contributed by atoms with E-state index in [1.165, 1.54) is 0 Å². The second-order valence-electron chi connectivity index (χ2n) is 4.08. The molecule has 0 fully saturated rings. The van der Waals surface area contributed by atoms with E-state index in [9.17, 15) is 0 Å². The van der Waals surface area contributed by atoms with Crippen molar-refractivity contribution in [3.63, 3.8) is 0 Å². The number of halogens is 1. The topological polar surface area (TPSA) is 31.4 Å². The molecule has 0 saturated carbocycles. The van der Waals surface area contributed by atoms with Gasteiger partial charge in [-0.3, -0.25) is 0 Å². The van der Waals surface area contributed by atoms with E-state index < -0.39 is 0 Å². The summed E-state index contributed by atoms with van der Waals surface area (Å²) in [5.74, 6) is 0.771. The van der Waals surface area contributed by atoms with Gasteiger partial charge in [0.25, 0.3) is 0 Å². The number of ether oxygens (including phenoxy) is 2. The number of hydrogen-bond acceptors (Lipinski definition) is 3. The lowest BCUT2D eigenvalue weighted by atomic mass is 10.1. The van der Waals surface area contributed by atoms with Gasteiger partial charge in [0, 0.05) is 17.0 Å². The molecular weight excluding hydrogens is 262 g/mol. The molecule has 0 radical (unpaired) electrons. The Kier molecular flexibility index (Phi) is 4.77. The van der Waals surface area contributed by atoms with Crippen LogP contribution < -0.4 is 4.74 Å². The van der Waals surface area contributed by atoms with Crippen LogP contribution in [-0.2, 0) is 11.3 Å². The first-order valence-electron chi connectivity index (χ1n) is 6.06. The third-order valence-corrected chi connectivity index (χ3v) is 3.09. The zero-order valence-corrected chi connectivity index (χ0v) is 11.8. The van der Waals surface area contributed by atoms with Gasteiger partial charge in [0.15, 0.2) is 0 Å². The maximum Gasteiger partial charge on any atom is 0.135 e. The fourth-order valence-electron chi connectivity index (χ4n) is 1.73. The van der Waals surface area contributed by atoms with E-state index in [1.54, 1.807) is 7.11 Å². The summed E-state index contributed by atoms with van der Waals surface area (Å²) in [6.45, 7) is 2.99. The normalized spacial score (nSPS) is 11.3. The van der Waals surface area contributed by atoms with Crippen molar-refractivity contribution in [2.24, 2.45) is 0 Å². The number of methoxy groups -OCH3 is 1. The first-order valence-corrected chi connectivity index (χ1v) is 6.44. The lowest BCUT2D eigenvalue weighted by Gasteiger charge is -2.07. The molecule has 19 heavy (non-hydrogen) atoms. The van der Waals surface area contributed by atoms with E-state index in [-0.39, 0.29) is 0 Å². The molecule has 100 valence electrons. The summed E-state index contributed by atoms with van der Waals surface area (Å²) < 4.78 is 10.7. The summed E-state index contributed by atoms with van der Waals surface area (Å²) in [6, 6.07) is 7.74. The van der Waals surface area contributed by atoms with Gasteiger partial charge in [0.05, 0.1) is 25.8 Å². The van der Waals surface area contributed by atoms with Gasteiger partial charge < -0.3 is 9.47 Å². The van der Waals surface area contributed by atoms with Crippen LogP contribution in [0.4, 0.5) is 0 Å². The Balaban J connectivity index is 2.23. The Labute approximate surface area is 117 Å². The molecule has 1 aromatic carbocycles. The summed E-state index contributed by atoms with van der Waals surface area (Å²) in [5, 5.41) is 1.50. The van der Waals surface area contributed by atoms with Crippen LogP contribution in [0.5, 0.6) is 5.75 Å². The highest BCUT2D eigenvalue weighted by Gasteiger charge is 2.06. The number of rotatable bonds is 5. The van der Waals surface area contributed by atoms with Crippen LogP contribution in [0.1, 0.15) is 12.5 Å². The van der Waals surface area contributed by atoms with E-state index >= 15 is 0 Å². The Morgan fingerprint density at radius 1 is 1.32 bits per heavy atom. The maximum atomic E-state index is 6.16. The first-order chi connectivity index (χ1) is 9.24. The molecule has 0 aliphatic rings. The van der Waals surface area contributed by atoms with Crippen LogP contribution >= 0.6 is 11.6 Å². The van der Waals surface area contributed by atoms with E-state index in [0.717, 1.165) is 22.2 Å². The molecule has 2 aromatic rings. The van der Waals surface area contributed by atoms with Crippen molar-refractivity contribution in [2.45, 2.75) is 13.5 Å². The monoisotopic (exact) mass is 277 g/mol. The summed E-state index contributed by atoms with van der Waals surface area (Å²) in [6.07, 6.45) is 3.90. The summed E-state index contributed by atoms with van der Waals surface area (Å²) in [5.41, 5.74) is 1.71. The predicted molar refractivity (Wildman–Crippen MR) is 77.8 cm³/mol. The molecule has 1 aromatic heterocycles. The fraction of sp³-hybridized carbons (Fsp3) is 0.267. The lowest BCUT2D eigenvalue weighted by Crippen LogP contribution is -1.96. The van der Waals surface area contributed by atoms with Crippen molar-refractivity contribution in [3.05, 3.63) is 47.1 Å². The Morgan fingerprint density at radius 2 is 2.16 bits per heavy atom. The van der Waals surface area contributed by atoms with Gasteiger partial charge in [0.1, 0.15) is 10.9 Å². The molecule has 0 aliphatic heterocycles. The minimum Gasteiger partial charge on any atom is -0.497 e. The third kappa shape index (κ3) is 3.46. The average molecular weight is 278 g/mol. The van der Waals surface area contributed by atoms with E-state index in [1.807, 2.05) is 43.3 Å². The Hall–Kier alpha value is -1.58. The zero-order chi connectivity index (χ0) is 13.7. The smallest absolute Gasteiger partial charge is 0.135 e. The molecule has 4 heteroatoms. The lowest BCUT2D eigenvalue weighted by molar-refractivity contribution is 0.148. The van der Waals surface area contributed by atoms with Crippen molar-refractivity contribution < 1.29 is 9.47 Å². The zero-order valence-electron chi connectivity index (χ0n) is 11.0. The minimum atomic E-state index is 0.456. The van der Waals surface area contributed by atoms with Crippen LogP contribution in [0.15, 0.2) is 36.4 Å². The van der Waals surface area contributed by atoms with Gasteiger partial charge in [-0.2, -0.15) is 0 Å². The summed E-state index contributed by atoms with van der Waals surface area (Å²) >= 11 is 6.16. The second-order valence-corrected chi connectivity index (χ2v) is 4.44. The van der Waals surface area contributed by atoms with Gasteiger partial charge in [0.2, 0.25) is 0 Å². The first kappa shape index (κ1) is 13.8. The van der Waals surface area contributed by atoms with E-state index in [0.29, 0.717) is 18.4 Å². The number of hydrogen-bond donors (Lipinski definition) is 0. The molecule has 0 atom stereocenters. The number of allylic oxidation sites excluding steroid dienone is 1. The molecule has 0 bridgehead atoms. The highest BCUT2D eigenvalue weighted by atomic mass is 35.5. The SMILES string of the molecule is CC=CCOCc1cc2ccc(OC)cc2nc1Cl. The summed E-state index contributed by atoms with van der Waals surface area (Å²) in [7, 11) is 1.63. The van der Waals surface area contributed by atoms with Crippen molar-refractivity contribution in [3.8, 4) is 5.75 Å². The van der Waals surface area contributed by atoms with Crippen molar-refractivity contribution in [1.29, 1.82) is 0 Å². The van der Waals surface area contributed by atoms with Crippen molar-refractivity contribution in [1.82, 2.24) is 4.98 Å². The molecule has 0 amide bonds. The summed E-state index contributed by atoms with van der Waals surface area (Å²) in [4.78, 5) is 4.37. The highest BCUT2D eigenvalue weighted by Crippen LogP contribution is 2.24. The molecule has 3 nitrogen and oxygen atoms in total. The average Bonchev–Trinajstić information content (AvgIpc) is 2.43. The number of nitrogens with zero attached hydrogens (tertiary/aromatic N) is 1. The highest BCUT2D eigenvalue weighted by molar-refractivity contribution is 6.30. The van der Waals surface area contributed by atoms with Crippen LogP contribution in [0.2, 0.25) is 5.15 Å². The molecule has 2 rings (SSSR count). The fourth-order valence-corrected chi connectivity index (χ4v) is 1.93. The standard InChI is InChI=1S/C15H16ClNO2/c1-3-4-7-19-10-12-8-11-5-6-13(18-2)9-14(11)17-15(12)16/h3-6,8-9H,7,10H2,1-2H3. The molecular formula is C15H16ClNO2. The molecule has 0 N–H and O–H groups in total. The van der Waals surface area contributed by atoms with Crippen LogP contribution in [-0.4, -0.2) is 18.7 Å². The van der Waals surface area contributed by atoms with Gasteiger partial charge in [-0.1, -0.05) is 23.8 Å². The number of benzene rings is 1. The number of pyridine rings is 1. The predicted octanol–water partition coefficient (Wildman–Crippen LogP) is 3.99. The van der Waals surface area contributed by atoms with Gasteiger partial charge >= 0.3 is 0 Å². The largest absolute Gasteiger partial charge is 0.497 e. The quantitative estimate of drug-likeness (QED) is 0.470. The molecule has 0 saturated heterocycles. The van der Waals surface area contributed by atoms with E-state index in [4.69, 9.17) is 21.1 Å². The Bertz CT molecular complexity index is 596. The van der Waals surface area contributed by atoms with Gasteiger partial charge in [-0.15, -0.1) is 0 Å². The second kappa shape index (κ2) is 6.55. The van der Waals surface area contributed by atoms with Crippen molar-refractivity contribution >= 4 is 22.5 Å². The van der Waals surface area contributed by atoms with E-state index in [2.05, 4.69) is 4.98 Å². The molecule has 0 aliphatic carbocycles. The van der Waals surface area contributed by atoms with Crippen LogP contribution in [0.25, 0.3) is 10.9 Å². The van der Waals surface area contributed by atoms with Gasteiger partial charge in [-0.25, -0.2) is 4.98 Å². The number of aromatic nitrogens is 1. The van der Waals surface area contributed by atoms with Crippen LogP contribution in [0.3, 0.4) is 0 Å². The van der Waals surface area contributed by atoms with Gasteiger partial charge in [-0.05, 0) is 25.1 Å².